The van der Waals surface area contributed by atoms with Crippen LogP contribution in [0.5, 0.6) is 0 Å². The molecule has 0 heterocycles. The maximum atomic E-state index is 2.55. The van der Waals surface area contributed by atoms with Crippen LogP contribution in [-0.4, -0.2) is 16.9 Å². The van der Waals surface area contributed by atoms with Gasteiger partial charge in [-0.2, -0.15) is 0 Å². The average Bonchev–Trinajstić information content (AvgIpc) is 2.13. The Bertz CT molecular complexity index is 383. The quantitative estimate of drug-likeness (QED) is 0.686. The Morgan fingerprint density at radius 3 is 1.94 bits per heavy atom. The van der Waals surface area contributed by atoms with E-state index < -0.39 is 8.07 Å². The molecule has 0 N–H and O–H groups in total. The minimum absolute atomic E-state index is 0.0425. The largest absolute Gasteiger partial charge is 0.0813 e. The maximum absolute atomic E-state index is 2.55. The fourth-order valence-electron chi connectivity index (χ4n) is 3.26. The first kappa shape index (κ1) is 15.7. The number of aryl methyl sites for hydroxylation is 3. The number of hydrogen-bond donors (Lipinski definition) is 0. The summed E-state index contributed by atoms with van der Waals surface area (Å²) in [7, 11) is -1.28. The minimum atomic E-state index is -1.24. The second kappa shape index (κ2) is 6.20. The Morgan fingerprint density at radius 1 is 1.00 bits per heavy atom. The summed E-state index contributed by atoms with van der Waals surface area (Å²) in [4.78, 5) is 0. The summed E-state index contributed by atoms with van der Waals surface area (Å²) in [5, 5.41) is 1.72. The number of hydrogen-bond acceptors (Lipinski definition) is 0. The Morgan fingerprint density at radius 2 is 1.50 bits per heavy atom. The highest BCUT2D eigenvalue weighted by Gasteiger charge is 2.26. The van der Waals surface area contributed by atoms with Crippen LogP contribution in [-0.2, 0) is 0 Å². The molecule has 18 heavy (non-hydrogen) atoms. The van der Waals surface area contributed by atoms with Gasteiger partial charge in [-0.15, -0.1) is 0 Å². The van der Waals surface area contributed by atoms with Crippen LogP contribution in [0.4, 0.5) is 0 Å². The van der Waals surface area contributed by atoms with Gasteiger partial charge in [-0.3, -0.25) is 0 Å². The van der Waals surface area contributed by atoms with Gasteiger partial charge in [-0.05, 0) is 20.8 Å². The predicted molar refractivity (Wildman–Crippen MR) is 89.5 cm³/mol. The number of rotatable bonds is 5. The third-order valence-corrected chi connectivity index (χ3v) is 8.93. The molecule has 1 rings (SSSR count). The first-order valence-corrected chi connectivity index (χ1v) is 13.0. The van der Waals surface area contributed by atoms with E-state index >= 15 is 0 Å². The first-order valence-electron chi connectivity index (χ1n) is 7.11. The van der Waals surface area contributed by atoms with E-state index in [0.717, 1.165) is 0 Å². The van der Waals surface area contributed by atoms with Crippen LogP contribution in [0.25, 0.3) is 0 Å². The molecule has 0 unspecified atom stereocenters. The molecule has 0 saturated heterocycles. The molecule has 1 aromatic rings. The van der Waals surface area contributed by atoms with Gasteiger partial charge in [0.15, 0.2) is 0 Å². The second-order valence-corrected chi connectivity index (χ2v) is 14.4. The molecule has 0 atom stereocenters. The van der Waals surface area contributed by atoms with E-state index in [1.807, 2.05) is 0 Å². The van der Waals surface area contributed by atoms with Crippen LogP contribution in [0.15, 0.2) is 12.1 Å². The van der Waals surface area contributed by atoms with Crippen LogP contribution < -0.4 is 5.19 Å². The number of benzene rings is 1. The van der Waals surface area contributed by atoms with Gasteiger partial charge in [0.25, 0.3) is 0 Å². The van der Waals surface area contributed by atoms with Gasteiger partial charge in [-0.1, -0.05) is 78.7 Å². The highest BCUT2D eigenvalue weighted by molar-refractivity contribution is 6.90. The molecule has 1 aromatic carbocycles. The zero-order chi connectivity index (χ0) is 13.9. The third-order valence-electron chi connectivity index (χ3n) is 3.83. The van der Waals surface area contributed by atoms with E-state index in [1.54, 1.807) is 5.19 Å². The van der Waals surface area contributed by atoms with Crippen molar-refractivity contribution in [3.63, 3.8) is 0 Å². The Kier molecular flexibility index (Phi) is 5.41. The molecule has 1 radical (unpaired) electrons. The average molecular weight is 278 g/mol. The summed E-state index contributed by atoms with van der Waals surface area (Å²) in [6.45, 7) is 16.8. The van der Waals surface area contributed by atoms with Gasteiger partial charge in [0.1, 0.15) is 0 Å². The summed E-state index contributed by atoms with van der Waals surface area (Å²) in [5.74, 6) is 0. The van der Waals surface area contributed by atoms with Crippen molar-refractivity contribution in [1.29, 1.82) is 0 Å². The Balaban J connectivity index is 2.90. The highest BCUT2D eigenvalue weighted by Crippen LogP contribution is 2.20. The van der Waals surface area contributed by atoms with E-state index in [1.165, 1.54) is 35.2 Å². The van der Waals surface area contributed by atoms with E-state index in [-0.39, 0.29) is 8.80 Å². The van der Waals surface area contributed by atoms with Gasteiger partial charge >= 0.3 is 0 Å². The van der Waals surface area contributed by atoms with Crippen molar-refractivity contribution >= 4 is 22.1 Å². The SMILES string of the molecule is Cc1cc(C)c([Si](C)(C)CCC[Si](C)C)c(C)c1. The lowest BCUT2D eigenvalue weighted by Gasteiger charge is -2.28. The molecular formula is C16H29Si2. The van der Waals surface area contributed by atoms with Crippen molar-refractivity contribution in [3.05, 3.63) is 28.8 Å². The monoisotopic (exact) mass is 277 g/mol. The van der Waals surface area contributed by atoms with Crippen LogP contribution in [0.3, 0.4) is 0 Å². The maximum Gasteiger partial charge on any atom is 0.0813 e. The fourth-order valence-corrected chi connectivity index (χ4v) is 8.08. The van der Waals surface area contributed by atoms with E-state index in [4.69, 9.17) is 0 Å². The molecule has 0 aromatic heterocycles. The van der Waals surface area contributed by atoms with Crippen molar-refractivity contribution in [1.82, 2.24) is 0 Å². The van der Waals surface area contributed by atoms with E-state index in [2.05, 4.69) is 59.1 Å². The molecular weight excluding hydrogens is 248 g/mol. The highest BCUT2D eigenvalue weighted by atomic mass is 28.3. The summed E-state index contributed by atoms with van der Waals surface area (Å²) in [6.07, 6.45) is 1.44. The van der Waals surface area contributed by atoms with Crippen LogP contribution >= 0.6 is 0 Å². The van der Waals surface area contributed by atoms with Gasteiger partial charge in [0.2, 0.25) is 0 Å². The van der Waals surface area contributed by atoms with Crippen molar-refractivity contribution in [3.8, 4) is 0 Å². The van der Waals surface area contributed by atoms with Crippen molar-refractivity contribution in [2.45, 2.75) is 65.5 Å². The third kappa shape index (κ3) is 4.09. The molecule has 0 aliphatic heterocycles. The zero-order valence-electron chi connectivity index (χ0n) is 13.3. The molecule has 0 amide bonds. The molecule has 0 spiro atoms. The lowest BCUT2D eigenvalue weighted by Crippen LogP contribution is -2.44. The molecule has 0 nitrogen and oxygen atoms in total. The van der Waals surface area contributed by atoms with Gasteiger partial charge in [0, 0.05) is 8.80 Å². The first-order chi connectivity index (χ1) is 8.24. The van der Waals surface area contributed by atoms with Crippen LogP contribution in [0, 0.1) is 20.8 Å². The molecule has 101 valence electrons. The van der Waals surface area contributed by atoms with Crippen molar-refractivity contribution in [2.24, 2.45) is 0 Å². The minimum Gasteiger partial charge on any atom is -0.0713 e. The van der Waals surface area contributed by atoms with Crippen molar-refractivity contribution < 1.29 is 0 Å². The topological polar surface area (TPSA) is 0 Å². The van der Waals surface area contributed by atoms with Crippen molar-refractivity contribution in [2.75, 3.05) is 0 Å². The molecule has 0 bridgehead atoms. The standard InChI is InChI=1S/C16H29Si2/c1-13-11-14(2)16(15(3)12-13)18(6,7)10-8-9-17(4)5/h11-12H,8-10H2,1-7H3. The molecule has 2 heteroatoms. The molecule has 0 saturated carbocycles. The lowest BCUT2D eigenvalue weighted by molar-refractivity contribution is 1.03. The fraction of sp³-hybridized carbons (Fsp3) is 0.625. The summed E-state index contributed by atoms with van der Waals surface area (Å²) >= 11 is 0. The summed E-state index contributed by atoms with van der Waals surface area (Å²) < 4.78 is 0. The van der Waals surface area contributed by atoms with Gasteiger partial charge in [0.05, 0.1) is 8.07 Å². The predicted octanol–water partition coefficient (Wildman–Crippen LogP) is 4.67. The zero-order valence-corrected chi connectivity index (χ0v) is 15.3. The lowest BCUT2D eigenvalue weighted by atomic mass is 10.1. The van der Waals surface area contributed by atoms with Crippen LogP contribution in [0.1, 0.15) is 23.1 Å². The second-order valence-electron chi connectivity index (χ2n) is 6.72. The Hall–Kier alpha value is -0.346. The van der Waals surface area contributed by atoms with Gasteiger partial charge < -0.3 is 0 Å². The molecule has 0 aliphatic carbocycles. The molecule has 0 aliphatic rings. The van der Waals surface area contributed by atoms with Crippen LogP contribution in [0.2, 0.25) is 38.3 Å². The molecule has 0 fully saturated rings. The smallest absolute Gasteiger partial charge is 0.0713 e. The van der Waals surface area contributed by atoms with Gasteiger partial charge in [-0.25, -0.2) is 0 Å². The normalized spacial score (nSPS) is 12.2. The summed E-state index contributed by atoms with van der Waals surface area (Å²) in [6, 6.07) is 7.66. The Labute approximate surface area is 116 Å². The van der Waals surface area contributed by atoms with E-state index in [0.29, 0.717) is 0 Å². The van der Waals surface area contributed by atoms with E-state index in [9.17, 15) is 0 Å². The summed E-state index contributed by atoms with van der Waals surface area (Å²) in [5.41, 5.74) is 4.47.